The van der Waals surface area contributed by atoms with E-state index in [1.54, 1.807) is 23.1 Å². The molecular weight excluding hydrogens is 354 g/mol. The van der Waals surface area contributed by atoms with E-state index >= 15 is 0 Å². The van der Waals surface area contributed by atoms with Gasteiger partial charge >= 0.3 is 6.09 Å². The minimum Gasteiger partial charge on any atom is -0.449 e. The van der Waals surface area contributed by atoms with Gasteiger partial charge in [-0.3, -0.25) is 9.69 Å². The lowest BCUT2D eigenvalue weighted by molar-refractivity contribution is -0.120. The Morgan fingerprint density at radius 1 is 1.19 bits per heavy atom. The van der Waals surface area contributed by atoms with Crippen LogP contribution in [0.1, 0.15) is 27.2 Å². The van der Waals surface area contributed by atoms with E-state index in [9.17, 15) is 9.59 Å². The van der Waals surface area contributed by atoms with Crippen LogP contribution in [0, 0.1) is 5.92 Å². The van der Waals surface area contributed by atoms with Crippen molar-refractivity contribution in [1.82, 2.24) is 9.80 Å². The first-order valence-corrected chi connectivity index (χ1v) is 9.47. The maximum absolute atomic E-state index is 12.5. The first kappa shape index (κ1) is 20.5. The van der Waals surface area contributed by atoms with Gasteiger partial charge in [-0.25, -0.2) is 4.79 Å². The zero-order valence-corrected chi connectivity index (χ0v) is 16.5. The number of rotatable bonds is 5. The first-order chi connectivity index (χ1) is 12.4. The molecule has 7 heteroatoms. The molecule has 1 unspecified atom stereocenters. The van der Waals surface area contributed by atoms with E-state index < -0.39 is 0 Å². The number of hydrogen-bond acceptors (Lipinski definition) is 4. The van der Waals surface area contributed by atoms with Gasteiger partial charge in [-0.05, 0) is 37.5 Å². The zero-order chi connectivity index (χ0) is 19.1. The summed E-state index contributed by atoms with van der Waals surface area (Å²) in [6.07, 6.45) is 0.544. The van der Waals surface area contributed by atoms with E-state index in [0.717, 1.165) is 13.0 Å². The van der Waals surface area contributed by atoms with Gasteiger partial charge in [-0.15, -0.1) is 0 Å². The third-order valence-corrected chi connectivity index (χ3v) is 4.58. The monoisotopic (exact) mass is 381 g/mol. The number of hydrogen-bond donors (Lipinski definition) is 1. The molecule has 1 heterocycles. The first-order valence-electron chi connectivity index (χ1n) is 9.09. The molecule has 1 aromatic carbocycles. The average Bonchev–Trinajstić information content (AvgIpc) is 2.85. The van der Waals surface area contributed by atoms with E-state index in [2.05, 4.69) is 10.2 Å². The zero-order valence-electron chi connectivity index (χ0n) is 15.7. The number of nitrogens with one attached hydrogen (secondary N) is 1. The van der Waals surface area contributed by atoms with Gasteiger partial charge in [0.2, 0.25) is 5.91 Å². The Bertz CT molecular complexity index is 624. The summed E-state index contributed by atoms with van der Waals surface area (Å²) >= 11 is 5.96. The summed E-state index contributed by atoms with van der Waals surface area (Å²) in [6.45, 7) is 8.94. The van der Waals surface area contributed by atoms with Crippen molar-refractivity contribution in [3.05, 3.63) is 29.3 Å². The van der Waals surface area contributed by atoms with Crippen LogP contribution in [0.5, 0.6) is 0 Å². The van der Waals surface area contributed by atoms with Crippen LogP contribution in [0.4, 0.5) is 10.5 Å². The highest BCUT2D eigenvalue weighted by atomic mass is 35.5. The van der Waals surface area contributed by atoms with Crippen molar-refractivity contribution in [2.75, 3.05) is 38.1 Å². The molecule has 144 valence electrons. The molecule has 1 fully saturated rings. The molecule has 2 amide bonds. The largest absolute Gasteiger partial charge is 0.449 e. The number of anilines is 1. The van der Waals surface area contributed by atoms with Gasteiger partial charge in [0.1, 0.15) is 0 Å². The van der Waals surface area contributed by atoms with E-state index in [0.29, 0.717) is 42.9 Å². The van der Waals surface area contributed by atoms with Gasteiger partial charge in [0, 0.05) is 36.9 Å². The molecule has 1 atom stereocenters. The summed E-state index contributed by atoms with van der Waals surface area (Å²) in [5.41, 5.74) is 0.683. The van der Waals surface area contributed by atoms with Crippen molar-refractivity contribution in [3.8, 4) is 0 Å². The van der Waals surface area contributed by atoms with Crippen LogP contribution in [-0.2, 0) is 9.53 Å². The molecule has 1 aliphatic heterocycles. The molecule has 1 aliphatic rings. The maximum atomic E-state index is 12.5. The smallest absolute Gasteiger partial charge is 0.409 e. The second-order valence-corrected chi connectivity index (χ2v) is 7.46. The van der Waals surface area contributed by atoms with Crippen LogP contribution in [0.25, 0.3) is 0 Å². The highest BCUT2D eigenvalue weighted by Gasteiger charge is 2.26. The van der Waals surface area contributed by atoms with Gasteiger partial charge in [0.25, 0.3) is 0 Å². The van der Waals surface area contributed by atoms with Crippen molar-refractivity contribution < 1.29 is 14.3 Å². The molecule has 0 radical (unpaired) electrons. The van der Waals surface area contributed by atoms with Crippen molar-refractivity contribution >= 4 is 29.3 Å². The number of amides is 2. The molecule has 6 nitrogen and oxygen atoms in total. The van der Waals surface area contributed by atoms with Crippen LogP contribution < -0.4 is 5.32 Å². The standard InChI is InChI=1S/C19H28ClN3O3/c1-14(2)13-26-19(25)23-9-5-8-22(10-11-23)15(3)18(24)21-17-7-4-6-16(20)12-17/h4,6-7,12,14-15H,5,8-11,13H2,1-3H3,(H,21,24). The second kappa shape index (κ2) is 9.78. The predicted octanol–water partition coefficient (Wildman–Crippen LogP) is 3.47. The SMILES string of the molecule is CC(C)COC(=O)N1CCCN(C(C)C(=O)Nc2cccc(Cl)c2)CC1. The van der Waals surface area contributed by atoms with Crippen molar-refractivity contribution in [1.29, 1.82) is 0 Å². The molecule has 1 aromatic rings. The minimum absolute atomic E-state index is 0.0805. The Morgan fingerprint density at radius 3 is 2.65 bits per heavy atom. The Kier molecular flexibility index (Phi) is 7.72. The van der Waals surface area contributed by atoms with Crippen molar-refractivity contribution in [2.45, 2.75) is 33.2 Å². The Balaban J connectivity index is 1.87. The second-order valence-electron chi connectivity index (χ2n) is 7.02. The quantitative estimate of drug-likeness (QED) is 0.848. The normalized spacial score (nSPS) is 16.9. The van der Waals surface area contributed by atoms with Gasteiger partial charge in [-0.2, -0.15) is 0 Å². The fourth-order valence-corrected chi connectivity index (χ4v) is 3.01. The maximum Gasteiger partial charge on any atom is 0.409 e. The van der Waals surface area contributed by atoms with E-state index in [1.165, 1.54) is 0 Å². The summed E-state index contributed by atoms with van der Waals surface area (Å²) in [6, 6.07) is 6.81. The summed E-state index contributed by atoms with van der Waals surface area (Å²) in [5.74, 6) is 0.237. The lowest BCUT2D eigenvalue weighted by Gasteiger charge is -2.27. The molecule has 26 heavy (non-hydrogen) atoms. The number of nitrogens with zero attached hydrogens (tertiary/aromatic N) is 2. The molecule has 2 rings (SSSR count). The molecule has 0 aliphatic carbocycles. The Labute approximate surface area is 160 Å². The van der Waals surface area contributed by atoms with E-state index in [4.69, 9.17) is 16.3 Å². The molecule has 0 spiro atoms. The summed E-state index contributed by atoms with van der Waals surface area (Å²) in [5, 5.41) is 3.48. The fraction of sp³-hybridized carbons (Fsp3) is 0.579. The lowest BCUT2D eigenvalue weighted by Crippen LogP contribution is -2.44. The Morgan fingerprint density at radius 2 is 1.96 bits per heavy atom. The molecule has 0 aromatic heterocycles. The summed E-state index contributed by atoms with van der Waals surface area (Å²) in [7, 11) is 0. The highest BCUT2D eigenvalue weighted by Crippen LogP contribution is 2.16. The third-order valence-electron chi connectivity index (χ3n) is 4.35. The van der Waals surface area contributed by atoms with Gasteiger partial charge in [-0.1, -0.05) is 31.5 Å². The minimum atomic E-state index is -0.291. The van der Waals surface area contributed by atoms with Crippen LogP contribution >= 0.6 is 11.6 Å². The fourth-order valence-electron chi connectivity index (χ4n) is 2.82. The summed E-state index contributed by atoms with van der Waals surface area (Å²) < 4.78 is 5.31. The van der Waals surface area contributed by atoms with Crippen molar-refractivity contribution in [2.24, 2.45) is 5.92 Å². The molecule has 1 N–H and O–H groups in total. The number of carbonyl (C=O) groups excluding carboxylic acids is 2. The van der Waals surface area contributed by atoms with Crippen LogP contribution in [0.15, 0.2) is 24.3 Å². The van der Waals surface area contributed by atoms with Crippen LogP contribution in [0.2, 0.25) is 5.02 Å². The number of benzene rings is 1. The topological polar surface area (TPSA) is 61.9 Å². The van der Waals surface area contributed by atoms with E-state index in [1.807, 2.05) is 26.8 Å². The molecule has 0 bridgehead atoms. The number of carbonyl (C=O) groups is 2. The van der Waals surface area contributed by atoms with Gasteiger partial charge in [0.15, 0.2) is 0 Å². The van der Waals surface area contributed by atoms with Crippen LogP contribution in [-0.4, -0.2) is 60.6 Å². The lowest BCUT2D eigenvalue weighted by atomic mass is 10.2. The van der Waals surface area contributed by atoms with E-state index in [-0.39, 0.29) is 18.0 Å². The molecular formula is C19H28ClN3O3. The summed E-state index contributed by atoms with van der Waals surface area (Å²) in [4.78, 5) is 28.5. The Hall–Kier alpha value is -1.79. The number of ether oxygens (including phenoxy) is 1. The highest BCUT2D eigenvalue weighted by molar-refractivity contribution is 6.30. The van der Waals surface area contributed by atoms with Gasteiger partial charge < -0.3 is 15.0 Å². The van der Waals surface area contributed by atoms with Gasteiger partial charge in [0.05, 0.1) is 12.6 Å². The number of halogens is 1. The predicted molar refractivity (Wildman–Crippen MR) is 103 cm³/mol. The van der Waals surface area contributed by atoms with Crippen molar-refractivity contribution in [3.63, 3.8) is 0 Å². The van der Waals surface area contributed by atoms with Crippen LogP contribution in [0.3, 0.4) is 0 Å². The third kappa shape index (κ3) is 6.18. The molecule has 0 saturated carbocycles. The molecule has 1 saturated heterocycles. The average molecular weight is 382 g/mol.